The highest BCUT2D eigenvalue weighted by Gasteiger charge is 2.42. The fraction of sp³-hybridized carbons (Fsp3) is 0.571. The fourth-order valence-corrected chi connectivity index (χ4v) is 2.59. The van der Waals surface area contributed by atoms with Gasteiger partial charge in [-0.2, -0.15) is 0 Å². The van der Waals surface area contributed by atoms with Crippen LogP contribution in [0, 0.1) is 6.92 Å². The number of aliphatic hydroxyl groups is 4. The second-order valence-electron chi connectivity index (χ2n) is 5.04. The van der Waals surface area contributed by atoms with Crippen molar-refractivity contribution >= 4 is 15.9 Å². The van der Waals surface area contributed by atoms with E-state index in [0.29, 0.717) is 5.56 Å². The molecule has 1 heterocycles. The Bertz CT molecular complexity index is 483. The van der Waals surface area contributed by atoms with E-state index < -0.39 is 43.9 Å². The van der Waals surface area contributed by atoms with Gasteiger partial charge in [-0.05, 0) is 18.6 Å². The van der Waals surface area contributed by atoms with Crippen LogP contribution in [0.2, 0.25) is 0 Å². The summed E-state index contributed by atoms with van der Waals surface area (Å²) in [7, 11) is 0. The number of halogens is 1. The summed E-state index contributed by atoms with van der Waals surface area (Å²) in [6.07, 6.45) is -5.24. The van der Waals surface area contributed by atoms with Crippen molar-refractivity contribution in [3.63, 3.8) is 0 Å². The Morgan fingerprint density at radius 3 is 2.57 bits per heavy atom. The van der Waals surface area contributed by atoms with Crippen molar-refractivity contribution in [2.24, 2.45) is 0 Å². The third-order valence-corrected chi connectivity index (χ3v) is 4.37. The van der Waals surface area contributed by atoms with Crippen LogP contribution in [0.15, 0.2) is 22.7 Å². The van der Waals surface area contributed by atoms with E-state index in [2.05, 4.69) is 15.9 Å². The molecule has 4 N–H and O–H groups in total. The van der Waals surface area contributed by atoms with Crippen LogP contribution in [0.5, 0.6) is 0 Å². The molecular formula is C14H19BrO6. The van der Waals surface area contributed by atoms with Crippen molar-refractivity contribution in [3.8, 4) is 0 Å². The van der Waals surface area contributed by atoms with Gasteiger partial charge in [0.05, 0.1) is 13.2 Å². The van der Waals surface area contributed by atoms with Crippen molar-refractivity contribution in [1.29, 1.82) is 0 Å². The number of aliphatic hydroxyl groups excluding tert-OH is 4. The lowest BCUT2D eigenvalue weighted by molar-refractivity contribution is -0.310. The van der Waals surface area contributed by atoms with Gasteiger partial charge >= 0.3 is 0 Å². The van der Waals surface area contributed by atoms with E-state index in [-0.39, 0.29) is 0 Å². The molecule has 0 spiro atoms. The topological polar surface area (TPSA) is 99.4 Å². The summed E-state index contributed by atoms with van der Waals surface area (Å²) >= 11 is 3.42. The molecule has 0 saturated carbocycles. The largest absolute Gasteiger partial charge is 0.394 e. The van der Waals surface area contributed by atoms with Gasteiger partial charge in [0.1, 0.15) is 24.4 Å². The monoisotopic (exact) mass is 362 g/mol. The molecule has 118 valence electrons. The zero-order valence-electron chi connectivity index (χ0n) is 11.5. The Kier molecular flexibility index (Phi) is 5.73. The minimum atomic E-state index is -1.26. The van der Waals surface area contributed by atoms with E-state index in [0.717, 1.165) is 10.0 Å². The second-order valence-corrected chi connectivity index (χ2v) is 5.89. The maximum Gasteiger partial charge on any atom is 0.185 e. The number of ether oxygens (including phenoxy) is 2. The van der Waals surface area contributed by atoms with Crippen LogP contribution in [-0.2, 0) is 9.47 Å². The van der Waals surface area contributed by atoms with Gasteiger partial charge in [-0.3, -0.25) is 0 Å². The van der Waals surface area contributed by atoms with Crippen molar-refractivity contribution in [2.45, 2.75) is 37.6 Å². The summed E-state index contributed by atoms with van der Waals surface area (Å²) in [5, 5.41) is 38.1. The predicted molar refractivity (Wildman–Crippen MR) is 77.6 cm³/mol. The second kappa shape index (κ2) is 7.15. The van der Waals surface area contributed by atoms with Crippen molar-refractivity contribution in [1.82, 2.24) is 0 Å². The number of hydrogen-bond acceptors (Lipinski definition) is 6. The average Bonchev–Trinajstić information content (AvgIpc) is 2.49. The Balaban J connectivity index is 2.24. The molecule has 1 saturated heterocycles. The van der Waals surface area contributed by atoms with Gasteiger partial charge in [-0.15, -0.1) is 0 Å². The van der Waals surface area contributed by atoms with Crippen LogP contribution in [0.25, 0.3) is 0 Å². The van der Waals surface area contributed by atoms with Crippen molar-refractivity contribution in [3.05, 3.63) is 33.8 Å². The summed E-state index contributed by atoms with van der Waals surface area (Å²) in [4.78, 5) is 0. The molecule has 1 aliphatic rings. The SMILES string of the molecule is Cc1ccc(C2O[C@H]([C@H](O)CO)[C@H](O)[C@H](CO)O2)cc1Br. The maximum absolute atomic E-state index is 10.0. The molecule has 0 aliphatic carbocycles. The van der Waals surface area contributed by atoms with E-state index in [4.69, 9.17) is 14.6 Å². The third-order valence-electron chi connectivity index (χ3n) is 3.51. The van der Waals surface area contributed by atoms with Crippen molar-refractivity contribution < 1.29 is 29.9 Å². The first kappa shape index (κ1) is 16.8. The molecule has 1 aliphatic heterocycles. The highest BCUT2D eigenvalue weighted by atomic mass is 79.9. The standard InChI is InChI=1S/C14H19BrO6/c1-7-2-3-8(4-9(7)15)14-20-11(6-17)12(19)13(21-14)10(18)5-16/h2-4,10-14,16-19H,5-6H2,1H3/t10-,11+,12-,13-,14?/m1/s1. The fourth-order valence-electron chi connectivity index (χ4n) is 2.19. The first-order valence-corrected chi connectivity index (χ1v) is 7.42. The first-order valence-electron chi connectivity index (χ1n) is 6.62. The van der Waals surface area contributed by atoms with Gasteiger partial charge in [0.15, 0.2) is 6.29 Å². The normalized spacial score (nSPS) is 31.1. The zero-order chi connectivity index (χ0) is 15.6. The van der Waals surface area contributed by atoms with E-state index in [1.807, 2.05) is 19.1 Å². The lowest BCUT2D eigenvalue weighted by Crippen LogP contribution is -2.54. The summed E-state index contributed by atoms with van der Waals surface area (Å²) in [5.74, 6) is 0. The van der Waals surface area contributed by atoms with Crippen LogP contribution in [0.1, 0.15) is 17.4 Å². The lowest BCUT2D eigenvalue weighted by atomic mass is 10.0. The molecule has 1 aromatic carbocycles. The number of benzene rings is 1. The minimum Gasteiger partial charge on any atom is -0.394 e. The molecule has 1 unspecified atom stereocenters. The van der Waals surface area contributed by atoms with E-state index in [9.17, 15) is 15.3 Å². The molecule has 1 fully saturated rings. The van der Waals surface area contributed by atoms with Gasteiger partial charge < -0.3 is 29.9 Å². The average molecular weight is 363 g/mol. The smallest absolute Gasteiger partial charge is 0.185 e. The molecule has 0 aromatic heterocycles. The molecule has 21 heavy (non-hydrogen) atoms. The zero-order valence-corrected chi connectivity index (χ0v) is 13.1. The molecule has 0 radical (unpaired) electrons. The Hall–Kier alpha value is -0.540. The Morgan fingerprint density at radius 1 is 1.29 bits per heavy atom. The Morgan fingerprint density at radius 2 is 2.00 bits per heavy atom. The predicted octanol–water partition coefficient (Wildman–Crippen LogP) is 0.247. The number of aryl methyl sites for hydroxylation is 1. The molecule has 7 heteroatoms. The van der Waals surface area contributed by atoms with Gasteiger partial charge in [-0.25, -0.2) is 0 Å². The third kappa shape index (κ3) is 3.62. The molecular weight excluding hydrogens is 344 g/mol. The van der Waals surface area contributed by atoms with Crippen molar-refractivity contribution in [2.75, 3.05) is 13.2 Å². The maximum atomic E-state index is 10.0. The van der Waals surface area contributed by atoms with Gasteiger partial charge in [-0.1, -0.05) is 28.1 Å². The van der Waals surface area contributed by atoms with Crippen LogP contribution >= 0.6 is 15.9 Å². The minimum absolute atomic E-state index is 0.414. The summed E-state index contributed by atoms with van der Waals surface area (Å²) in [5.41, 5.74) is 1.73. The van der Waals surface area contributed by atoms with Crippen LogP contribution in [-0.4, -0.2) is 58.1 Å². The van der Waals surface area contributed by atoms with Crippen LogP contribution in [0.4, 0.5) is 0 Å². The molecule has 1 aromatic rings. The summed E-state index contributed by atoms with van der Waals surface area (Å²) in [6, 6.07) is 5.50. The van der Waals surface area contributed by atoms with Gasteiger partial charge in [0.25, 0.3) is 0 Å². The van der Waals surface area contributed by atoms with Crippen LogP contribution in [0.3, 0.4) is 0 Å². The van der Waals surface area contributed by atoms with E-state index >= 15 is 0 Å². The quantitative estimate of drug-likeness (QED) is 0.612. The highest BCUT2D eigenvalue weighted by molar-refractivity contribution is 9.10. The van der Waals surface area contributed by atoms with Crippen LogP contribution < -0.4 is 0 Å². The molecule has 0 bridgehead atoms. The number of hydrogen-bond donors (Lipinski definition) is 4. The molecule has 0 amide bonds. The van der Waals surface area contributed by atoms with Gasteiger partial charge in [0.2, 0.25) is 0 Å². The lowest BCUT2D eigenvalue weighted by Gasteiger charge is -2.40. The van der Waals surface area contributed by atoms with E-state index in [1.165, 1.54) is 0 Å². The summed E-state index contributed by atoms with van der Waals surface area (Å²) < 4.78 is 11.9. The van der Waals surface area contributed by atoms with E-state index in [1.54, 1.807) is 6.07 Å². The Labute approximate surface area is 131 Å². The molecule has 6 nitrogen and oxygen atoms in total. The number of rotatable bonds is 4. The summed E-state index contributed by atoms with van der Waals surface area (Å²) in [6.45, 7) is 0.974. The van der Waals surface area contributed by atoms with Gasteiger partial charge in [0, 0.05) is 10.0 Å². The molecule has 5 atom stereocenters. The molecule has 2 rings (SSSR count). The highest BCUT2D eigenvalue weighted by Crippen LogP contribution is 2.33. The first-order chi connectivity index (χ1) is 9.97.